The van der Waals surface area contributed by atoms with Crippen LogP contribution in [0, 0.1) is 0 Å². The van der Waals surface area contributed by atoms with E-state index in [1.165, 1.54) is 5.01 Å². The van der Waals surface area contributed by atoms with E-state index in [9.17, 15) is 9.90 Å². The third-order valence-electron chi connectivity index (χ3n) is 4.96. The molecule has 1 N–H and O–H groups in total. The quantitative estimate of drug-likeness (QED) is 0.860. The van der Waals surface area contributed by atoms with Crippen molar-refractivity contribution in [3.8, 4) is 17.2 Å². The van der Waals surface area contributed by atoms with Gasteiger partial charge in [-0.2, -0.15) is 10.1 Å². The predicted octanol–water partition coefficient (Wildman–Crippen LogP) is 2.81. The summed E-state index contributed by atoms with van der Waals surface area (Å²) in [6.45, 7) is 2.02. The summed E-state index contributed by atoms with van der Waals surface area (Å²) in [5.74, 6) is 1.76. The fourth-order valence-corrected chi connectivity index (χ4v) is 3.53. The zero-order chi connectivity index (χ0) is 19.7. The fraction of sp³-hybridized carbons (Fsp3) is 0.333. The summed E-state index contributed by atoms with van der Waals surface area (Å²) in [6.07, 6.45) is 0.980. The van der Waals surface area contributed by atoms with Crippen molar-refractivity contribution in [1.29, 1.82) is 0 Å². The summed E-state index contributed by atoms with van der Waals surface area (Å²) < 4.78 is 15.9. The molecule has 0 bridgehead atoms. The van der Waals surface area contributed by atoms with E-state index in [4.69, 9.17) is 14.2 Å². The van der Waals surface area contributed by atoms with Gasteiger partial charge < -0.3 is 19.3 Å². The lowest BCUT2D eigenvalue weighted by atomic mass is 9.97. The number of hydrogen-bond donors (Lipinski definition) is 1. The molecule has 4 rings (SSSR count). The first-order valence-corrected chi connectivity index (χ1v) is 9.12. The lowest BCUT2D eigenvalue weighted by Crippen LogP contribution is -2.43. The first-order chi connectivity index (χ1) is 13.5. The van der Waals surface area contributed by atoms with E-state index in [0.717, 1.165) is 5.56 Å². The first-order valence-electron chi connectivity index (χ1n) is 9.12. The number of rotatable bonds is 5. The van der Waals surface area contributed by atoms with Crippen LogP contribution in [0.4, 0.5) is 0 Å². The van der Waals surface area contributed by atoms with Crippen LogP contribution in [0.1, 0.15) is 30.9 Å². The minimum absolute atomic E-state index is 0.211. The van der Waals surface area contributed by atoms with Gasteiger partial charge >= 0.3 is 0 Å². The lowest BCUT2D eigenvalue weighted by molar-refractivity contribution is -0.157. The van der Waals surface area contributed by atoms with Gasteiger partial charge in [0.25, 0.3) is 0 Å². The van der Waals surface area contributed by atoms with Gasteiger partial charge in [0, 0.05) is 24.1 Å². The zero-order valence-electron chi connectivity index (χ0n) is 15.8. The molecule has 0 radical (unpaired) electrons. The molecule has 146 valence electrons. The largest absolute Gasteiger partial charge is 0.497 e. The Balaban J connectivity index is 1.51. The fourth-order valence-electron chi connectivity index (χ4n) is 3.53. The van der Waals surface area contributed by atoms with E-state index in [1.807, 2.05) is 18.2 Å². The van der Waals surface area contributed by atoms with Crippen molar-refractivity contribution in [3.05, 3.63) is 53.6 Å². The van der Waals surface area contributed by atoms with Gasteiger partial charge in [0.2, 0.25) is 12.7 Å². The molecule has 2 aliphatic heterocycles. The molecule has 2 aromatic carbocycles. The summed E-state index contributed by atoms with van der Waals surface area (Å²) in [6, 6.07) is 12.7. The van der Waals surface area contributed by atoms with Crippen LogP contribution in [0.5, 0.6) is 17.2 Å². The maximum atomic E-state index is 12.9. The van der Waals surface area contributed by atoms with Crippen molar-refractivity contribution in [1.82, 2.24) is 5.01 Å². The second-order valence-electron chi connectivity index (χ2n) is 6.95. The molecular weight excluding hydrogens is 360 g/mol. The van der Waals surface area contributed by atoms with Crippen molar-refractivity contribution in [2.24, 2.45) is 5.10 Å². The molecule has 0 saturated carbocycles. The molecule has 2 heterocycles. The van der Waals surface area contributed by atoms with Gasteiger partial charge in [-0.3, -0.25) is 4.79 Å². The molecular formula is C21H22N2O5. The van der Waals surface area contributed by atoms with Crippen molar-refractivity contribution in [2.45, 2.75) is 31.9 Å². The molecule has 0 spiro atoms. The molecule has 1 unspecified atom stereocenters. The molecule has 2 aliphatic rings. The van der Waals surface area contributed by atoms with Gasteiger partial charge in [-0.25, -0.2) is 0 Å². The molecule has 0 aliphatic carbocycles. The van der Waals surface area contributed by atoms with Crippen molar-refractivity contribution in [3.63, 3.8) is 0 Å². The summed E-state index contributed by atoms with van der Waals surface area (Å²) in [7, 11) is 1.56. The Morgan fingerprint density at radius 1 is 1.25 bits per heavy atom. The highest BCUT2D eigenvalue weighted by atomic mass is 16.7. The number of benzene rings is 2. The lowest BCUT2D eigenvalue weighted by Gasteiger charge is -2.31. The number of methoxy groups -OCH3 is 1. The average molecular weight is 382 g/mol. The van der Waals surface area contributed by atoms with E-state index in [1.54, 1.807) is 38.3 Å². The van der Waals surface area contributed by atoms with Crippen LogP contribution in [0.3, 0.4) is 0 Å². The number of hydrazone groups is 1. The normalized spacial score (nSPS) is 20.2. The van der Waals surface area contributed by atoms with Crippen molar-refractivity contribution < 1.29 is 24.1 Å². The second kappa shape index (κ2) is 7.16. The molecule has 0 aromatic heterocycles. The maximum Gasteiger partial charge on any atom is 0.245 e. The molecule has 2 aromatic rings. The Labute approximate surface area is 163 Å². The third kappa shape index (κ3) is 3.29. The molecule has 1 amide bonds. The Morgan fingerprint density at radius 2 is 2.07 bits per heavy atom. The van der Waals surface area contributed by atoms with Crippen LogP contribution in [-0.4, -0.2) is 35.6 Å². The van der Waals surface area contributed by atoms with Crippen LogP contribution in [0.25, 0.3) is 0 Å². The summed E-state index contributed by atoms with van der Waals surface area (Å²) in [5, 5.41) is 16.8. The average Bonchev–Trinajstić information content (AvgIpc) is 3.30. The van der Waals surface area contributed by atoms with Gasteiger partial charge in [0.1, 0.15) is 5.75 Å². The van der Waals surface area contributed by atoms with Gasteiger partial charge in [-0.05, 0) is 43.2 Å². The highest BCUT2D eigenvalue weighted by Crippen LogP contribution is 2.37. The smallest absolute Gasteiger partial charge is 0.245 e. The molecule has 1 atom stereocenters. The van der Waals surface area contributed by atoms with Crippen LogP contribution in [-0.2, 0) is 16.9 Å². The number of nitrogens with zero attached hydrogens (tertiary/aromatic N) is 2. The van der Waals surface area contributed by atoms with Crippen LogP contribution >= 0.6 is 0 Å². The third-order valence-corrected chi connectivity index (χ3v) is 4.96. The number of aliphatic hydroxyl groups is 1. The van der Waals surface area contributed by atoms with Gasteiger partial charge in [0.15, 0.2) is 17.2 Å². The van der Waals surface area contributed by atoms with Crippen LogP contribution in [0.2, 0.25) is 0 Å². The molecule has 7 nitrogen and oxygen atoms in total. The van der Waals surface area contributed by atoms with Crippen molar-refractivity contribution in [2.75, 3.05) is 13.9 Å². The number of fused-ring (bicyclic) bond motifs is 1. The predicted molar refractivity (Wildman–Crippen MR) is 102 cm³/mol. The SMILES string of the molecule is COc1cccc(C2(O)CC(C)=NN2C(=O)CCc2ccc3c(c2)OCO3)c1. The summed E-state index contributed by atoms with van der Waals surface area (Å²) >= 11 is 0. The number of ether oxygens (including phenoxy) is 3. The van der Waals surface area contributed by atoms with Crippen LogP contribution < -0.4 is 14.2 Å². The highest BCUT2D eigenvalue weighted by molar-refractivity contribution is 5.89. The molecule has 0 fully saturated rings. The zero-order valence-corrected chi connectivity index (χ0v) is 15.8. The Hall–Kier alpha value is -3.06. The first kappa shape index (κ1) is 18.3. The number of hydrogen-bond acceptors (Lipinski definition) is 6. The minimum atomic E-state index is -1.51. The summed E-state index contributed by atoms with van der Waals surface area (Å²) in [4.78, 5) is 12.9. The van der Waals surface area contributed by atoms with E-state index in [2.05, 4.69) is 5.10 Å². The number of carbonyl (C=O) groups excluding carboxylic acids is 1. The van der Waals surface area contributed by atoms with Crippen LogP contribution in [0.15, 0.2) is 47.6 Å². The highest BCUT2D eigenvalue weighted by Gasteiger charge is 2.44. The Kier molecular flexibility index (Phi) is 4.68. The topological polar surface area (TPSA) is 80.6 Å². The van der Waals surface area contributed by atoms with Crippen molar-refractivity contribution >= 4 is 11.6 Å². The Bertz CT molecular complexity index is 942. The molecule has 28 heavy (non-hydrogen) atoms. The molecule has 7 heteroatoms. The second-order valence-corrected chi connectivity index (χ2v) is 6.95. The van der Waals surface area contributed by atoms with E-state index in [0.29, 0.717) is 34.9 Å². The standard InChI is InChI=1S/C21H22N2O5/c1-14-12-21(25,16-4-3-5-17(11-16)26-2)23(22-14)20(24)9-7-15-6-8-18-19(10-15)28-13-27-18/h3-6,8,10-11,25H,7,9,12-13H2,1-2H3. The summed E-state index contributed by atoms with van der Waals surface area (Å²) in [5.41, 5.74) is 0.720. The van der Waals surface area contributed by atoms with Gasteiger partial charge in [-0.15, -0.1) is 0 Å². The van der Waals surface area contributed by atoms with Gasteiger partial charge in [-0.1, -0.05) is 18.2 Å². The monoisotopic (exact) mass is 382 g/mol. The number of aryl methyl sites for hydroxylation is 1. The van der Waals surface area contributed by atoms with E-state index in [-0.39, 0.29) is 25.5 Å². The number of carbonyl (C=O) groups is 1. The minimum Gasteiger partial charge on any atom is -0.497 e. The molecule has 0 saturated heterocycles. The van der Waals surface area contributed by atoms with E-state index >= 15 is 0 Å². The van der Waals surface area contributed by atoms with Gasteiger partial charge in [0.05, 0.1) is 7.11 Å². The Morgan fingerprint density at radius 3 is 2.89 bits per heavy atom. The van der Waals surface area contributed by atoms with E-state index < -0.39 is 5.72 Å². The maximum absolute atomic E-state index is 12.9. The number of amides is 1.